The van der Waals surface area contributed by atoms with Gasteiger partial charge in [0.25, 0.3) is 0 Å². The molecule has 1 saturated carbocycles. The Balaban J connectivity index is 1.80. The van der Waals surface area contributed by atoms with Gasteiger partial charge in [0.05, 0.1) is 5.54 Å². The summed E-state index contributed by atoms with van der Waals surface area (Å²) in [6.07, 6.45) is 10.3. The largest absolute Gasteiger partial charge is 0.368 e. The molecule has 0 radical (unpaired) electrons. The Morgan fingerprint density at radius 2 is 2.00 bits per heavy atom. The summed E-state index contributed by atoms with van der Waals surface area (Å²) in [4.78, 5) is 14.3. The zero-order valence-electron chi connectivity index (χ0n) is 13.9. The van der Waals surface area contributed by atoms with E-state index in [4.69, 9.17) is 5.73 Å². The van der Waals surface area contributed by atoms with Crippen LogP contribution < -0.4 is 11.1 Å². The van der Waals surface area contributed by atoms with Crippen molar-refractivity contribution in [3.05, 3.63) is 0 Å². The van der Waals surface area contributed by atoms with Gasteiger partial charge < -0.3 is 16.0 Å². The lowest BCUT2D eigenvalue weighted by molar-refractivity contribution is -0.124. The molecule has 21 heavy (non-hydrogen) atoms. The molecule has 0 bridgehead atoms. The molecule has 4 nitrogen and oxygen atoms in total. The number of carbonyl (C=O) groups is 1. The molecule has 1 aliphatic heterocycles. The maximum atomic E-state index is 11.7. The Bertz CT molecular complexity index is 341. The molecular formula is C17H33N3O. The van der Waals surface area contributed by atoms with Crippen molar-refractivity contribution in [1.29, 1.82) is 0 Å². The monoisotopic (exact) mass is 295 g/mol. The minimum atomic E-state index is -0.544. The summed E-state index contributed by atoms with van der Waals surface area (Å²) in [6.45, 7) is 7.12. The van der Waals surface area contributed by atoms with E-state index in [2.05, 4.69) is 10.2 Å². The fourth-order valence-electron chi connectivity index (χ4n) is 4.33. The van der Waals surface area contributed by atoms with Gasteiger partial charge >= 0.3 is 0 Å². The third-order valence-electron chi connectivity index (χ3n) is 5.59. The average molecular weight is 295 g/mol. The number of amides is 1. The van der Waals surface area contributed by atoms with Gasteiger partial charge in [-0.05, 0) is 71.0 Å². The quantitative estimate of drug-likeness (QED) is 0.722. The molecule has 0 aromatic rings. The second-order valence-electron chi connectivity index (χ2n) is 7.12. The number of likely N-dealkylation sites (tertiary alicyclic amines) is 1. The number of nitrogens with zero attached hydrogens (tertiary/aromatic N) is 1. The van der Waals surface area contributed by atoms with Crippen molar-refractivity contribution in [1.82, 2.24) is 10.2 Å². The molecule has 1 amide bonds. The van der Waals surface area contributed by atoms with Gasteiger partial charge in [0.1, 0.15) is 0 Å². The zero-order chi connectivity index (χ0) is 15.3. The van der Waals surface area contributed by atoms with Crippen LogP contribution in [0.2, 0.25) is 0 Å². The summed E-state index contributed by atoms with van der Waals surface area (Å²) in [5, 5.41) is 3.26. The van der Waals surface area contributed by atoms with Crippen molar-refractivity contribution in [2.75, 3.05) is 19.6 Å². The molecule has 0 aromatic carbocycles. The maximum Gasteiger partial charge on any atom is 0.237 e. The molecule has 1 aliphatic carbocycles. The predicted molar refractivity (Wildman–Crippen MR) is 87.1 cm³/mol. The van der Waals surface area contributed by atoms with Gasteiger partial charge in [-0.25, -0.2) is 0 Å². The van der Waals surface area contributed by atoms with Gasteiger partial charge in [-0.2, -0.15) is 0 Å². The fraction of sp³-hybridized carbons (Fsp3) is 0.941. The molecule has 0 spiro atoms. The first-order valence-corrected chi connectivity index (χ1v) is 8.86. The molecule has 1 heterocycles. The molecule has 2 aliphatic rings. The fourth-order valence-corrected chi connectivity index (χ4v) is 4.33. The van der Waals surface area contributed by atoms with E-state index in [1.165, 1.54) is 45.1 Å². The van der Waals surface area contributed by atoms with Crippen LogP contribution in [0.3, 0.4) is 0 Å². The number of rotatable bonds is 8. The number of nitrogens with one attached hydrogen (secondary N) is 1. The number of carbonyl (C=O) groups excluding carboxylic acids is 1. The highest BCUT2D eigenvalue weighted by atomic mass is 16.1. The Kier molecular flexibility index (Phi) is 6.06. The molecule has 2 rings (SSSR count). The number of primary amides is 1. The van der Waals surface area contributed by atoms with E-state index in [-0.39, 0.29) is 5.91 Å². The van der Waals surface area contributed by atoms with Gasteiger partial charge in [-0.15, -0.1) is 0 Å². The van der Waals surface area contributed by atoms with Crippen LogP contribution in [0.4, 0.5) is 0 Å². The summed E-state index contributed by atoms with van der Waals surface area (Å²) in [7, 11) is 0. The van der Waals surface area contributed by atoms with Gasteiger partial charge in [0.2, 0.25) is 5.91 Å². The molecule has 1 saturated heterocycles. The number of hydrogen-bond donors (Lipinski definition) is 2. The van der Waals surface area contributed by atoms with Gasteiger partial charge in [0, 0.05) is 6.04 Å². The predicted octanol–water partition coefficient (Wildman–Crippen LogP) is 2.27. The third kappa shape index (κ3) is 4.19. The van der Waals surface area contributed by atoms with E-state index in [1.54, 1.807) is 0 Å². The molecule has 122 valence electrons. The Morgan fingerprint density at radius 1 is 1.29 bits per heavy atom. The summed E-state index contributed by atoms with van der Waals surface area (Å²) >= 11 is 0. The minimum Gasteiger partial charge on any atom is -0.368 e. The minimum absolute atomic E-state index is 0.224. The number of hydrogen-bond acceptors (Lipinski definition) is 3. The van der Waals surface area contributed by atoms with Gasteiger partial charge in [-0.3, -0.25) is 4.79 Å². The summed E-state index contributed by atoms with van der Waals surface area (Å²) in [5.74, 6) is 0.710. The lowest BCUT2D eigenvalue weighted by atomic mass is 9.93. The van der Waals surface area contributed by atoms with Crippen molar-refractivity contribution in [2.24, 2.45) is 11.7 Å². The van der Waals surface area contributed by atoms with Crippen LogP contribution in [0.15, 0.2) is 0 Å². The molecule has 0 aromatic heterocycles. The van der Waals surface area contributed by atoms with Crippen molar-refractivity contribution in [2.45, 2.75) is 76.8 Å². The normalized spacial score (nSPS) is 27.0. The smallest absolute Gasteiger partial charge is 0.237 e. The van der Waals surface area contributed by atoms with Crippen LogP contribution in [0.1, 0.15) is 65.2 Å². The van der Waals surface area contributed by atoms with Crippen LogP contribution in [-0.4, -0.2) is 42.0 Å². The topological polar surface area (TPSA) is 58.4 Å². The SMILES string of the molecule is CCNC(C)(CCCN1CCCC1C1CCCC1)C(N)=O. The summed E-state index contributed by atoms with van der Waals surface area (Å²) in [6, 6.07) is 0.812. The second kappa shape index (κ2) is 7.59. The molecule has 4 heteroatoms. The van der Waals surface area contributed by atoms with Gasteiger partial charge in [0.15, 0.2) is 0 Å². The Morgan fingerprint density at radius 3 is 2.62 bits per heavy atom. The van der Waals surface area contributed by atoms with Crippen molar-refractivity contribution in [3.63, 3.8) is 0 Å². The van der Waals surface area contributed by atoms with Gasteiger partial charge in [-0.1, -0.05) is 19.8 Å². The first-order valence-electron chi connectivity index (χ1n) is 8.86. The van der Waals surface area contributed by atoms with E-state index in [0.29, 0.717) is 0 Å². The third-order valence-corrected chi connectivity index (χ3v) is 5.59. The van der Waals surface area contributed by atoms with Crippen LogP contribution in [-0.2, 0) is 4.79 Å². The molecular weight excluding hydrogens is 262 g/mol. The van der Waals surface area contributed by atoms with Crippen LogP contribution in [0, 0.1) is 5.92 Å². The van der Waals surface area contributed by atoms with Crippen molar-refractivity contribution in [3.8, 4) is 0 Å². The summed E-state index contributed by atoms with van der Waals surface area (Å²) < 4.78 is 0. The van der Waals surface area contributed by atoms with Crippen molar-refractivity contribution < 1.29 is 4.79 Å². The standard InChI is InChI=1S/C17H33N3O/c1-3-19-17(2,16(18)21)11-7-13-20-12-6-10-15(20)14-8-4-5-9-14/h14-15,19H,3-13H2,1-2H3,(H2,18,21). The average Bonchev–Trinajstić information content (AvgIpc) is 3.08. The highest BCUT2D eigenvalue weighted by Crippen LogP contribution is 2.35. The Hall–Kier alpha value is -0.610. The first kappa shape index (κ1) is 16.8. The van der Waals surface area contributed by atoms with E-state index < -0.39 is 5.54 Å². The molecule has 2 atom stereocenters. The zero-order valence-corrected chi connectivity index (χ0v) is 13.9. The maximum absolute atomic E-state index is 11.7. The second-order valence-corrected chi connectivity index (χ2v) is 7.12. The lowest BCUT2D eigenvalue weighted by Crippen LogP contribution is -2.53. The van der Waals surface area contributed by atoms with Crippen molar-refractivity contribution >= 4 is 5.91 Å². The van der Waals surface area contributed by atoms with E-state index in [0.717, 1.165) is 37.9 Å². The van der Waals surface area contributed by atoms with E-state index in [9.17, 15) is 4.79 Å². The highest BCUT2D eigenvalue weighted by Gasteiger charge is 2.34. The molecule has 3 N–H and O–H groups in total. The lowest BCUT2D eigenvalue weighted by Gasteiger charge is -2.31. The first-order chi connectivity index (χ1) is 10.1. The van der Waals surface area contributed by atoms with E-state index >= 15 is 0 Å². The van der Waals surface area contributed by atoms with Crippen LogP contribution in [0.25, 0.3) is 0 Å². The van der Waals surface area contributed by atoms with Crippen LogP contribution in [0.5, 0.6) is 0 Å². The molecule has 2 unspecified atom stereocenters. The van der Waals surface area contributed by atoms with Crippen LogP contribution >= 0.6 is 0 Å². The van der Waals surface area contributed by atoms with E-state index in [1.807, 2.05) is 13.8 Å². The highest BCUT2D eigenvalue weighted by molar-refractivity contribution is 5.84. The Labute approximate surface area is 129 Å². The summed E-state index contributed by atoms with van der Waals surface area (Å²) in [5.41, 5.74) is 5.02. The number of nitrogens with two attached hydrogens (primary N) is 1. The molecule has 2 fully saturated rings. The number of likely N-dealkylation sites (N-methyl/N-ethyl adjacent to an activating group) is 1.